The van der Waals surface area contributed by atoms with Gasteiger partial charge in [-0.3, -0.25) is 14.9 Å². The molecule has 1 aromatic carbocycles. The molecule has 1 aliphatic rings. The zero-order chi connectivity index (χ0) is 13.8. The van der Waals surface area contributed by atoms with Gasteiger partial charge in [-0.2, -0.15) is 0 Å². The van der Waals surface area contributed by atoms with E-state index in [2.05, 4.69) is 0 Å². The van der Waals surface area contributed by atoms with Crippen LogP contribution >= 0.6 is 0 Å². The van der Waals surface area contributed by atoms with Crippen molar-refractivity contribution in [1.29, 1.82) is 0 Å². The Morgan fingerprint density at radius 3 is 2.58 bits per heavy atom. The smallest absolute Gasteiger partial charge is 0.308 e. The van der Waals surface area contributed by atoms with E-state index in [-0.39, 0.29) is 23.7 Å². The second kappa shape index (κ2) is 5.69. The third-order valence-electron chi connectivity index (χ3n) is 3.27. The van der Waals surface area contributed by atoms with Crippen molar-refractivity contribution in [2.24, 2.45) is 5.92 Å². The van der Waals surface area contributed by atoms with E-state index in [9.17, 15) is 14.9 Å². The van der Waals surface area contributed by atoms with Crippen LogP contribution in [0, 0.1) is 16.0 Å². The summed E-state index contributed by atoms with van der Waals surface area (Å²) in [5.74, 6) is 0.281. The first-order chi connectivity index (χ1) is 9.10. The number of nitrogens with zero attached hydrogens (tertiary/aromatic N) is 1. The minimum Gasteiger partial charge on any atom is -0.490 e. The lowest BCUT2D eigenvalue weighted by atomic mass is 10.1. The number of nitro groups is 1. The van der Waals surface area contributed by atoms with Crippen molar-refractivity contribution >= 4 is 11.7 Å². The van der Waals surface area contributed by atoms with Crippen LogP contribution in [0.15, 0.2) is 24.3 Å². The lowest BCUT2D eigenvalue weighted by Gasteiger charge is -2.13. The highest BCUT2D eigenvalue weighted by Crippen LogP contribution is 2.30. The molecule has 0 radical (unpaired) electrons. The normalized spacial score (nSPS) is 21.9. The molecule has 0 heterocycles. The molecule has 0 aliphatic heterocycles. The SMILES string of the molecule is COC(=O)[C@H]1CCC(Oc2ccc([N+](=O)[O-])cc2)C1. The van der Waals surface area contributed by atoms with E-state index in [0.717, 1.165) is 12.8 Å². The van der Waals surface area contributed by atoms with E-state index in [1.165, 1.54) is 19.2 Å². The van der Waals surface area contributed by atoms with Crippen LogP contribution in [-0.2, 0) is 9.53 Å². The van der Waals surface area contributed by atoms with Gasteiger partial charge in [0.15, 0.2) is 0 Å². The predicted octanol–water partition coefficient (Wildman–Crippen LogP) is 2.32. The summed E-state index contributed by atoms with van der Waals surface area (Å²) >= 11 is 0. The molecule has 1 aromatic rings. The van der Waals surface area contributed by atoms with E-state index in [4.69, 9.17) is 9.47 Å². The predicted molar refractivity (Wildman–Crippen MR) is 66.9 cm³/mol. The topological polar surface area (TPSA) is 78.7 Å². The molecular weight excluding hydrogens is 250 g/mol. The molecule has 6 nitrogen and oxygen atoms in total. The Morgan fingerprint density at radius 2 is 2.00 bits per heavy atom. The minimum atomic E-state index is -0.452. The maximum absolute atomic E-state index is 11.4. The summed E-state index contributed by atoms with van der Waals surface area (Å²) in [4.78, 5) is 21.4. The van der Waals surface area contributed by atoms with Gasteiger partial charge in [0.05, 0.1) is 24.1 Å². The second-order valence-corrected chi connectivity index (χ2v) is 4.52. The van der Waals surface area contributed by atoms with E-state index in [0.29, 0.717) is 12.2 Å². The minimum absolute atomic E-state index is 0.0335. The zero-order valence-corrected chi connectivity index (χ0v) is 10.6. The highest BCUT2D eigenvalue weighted by atomic mass is 16.6. The molecule has 2 rings (SSSR count). The van der Waals surface area contributed by atoms with Crippen LogP contribution in [0.1, 0.15) is 19.3 Å². The Bertz CT molecular complexity index is 470. The number of nitro benzene ring substituents is 1. The zero-order valence-electron chi connectivity index (χ0n) is 10.6. The van der Waals surface area contributed by atoms with Crippen LogP contribution in [0.25, 0.3) is 0 Å². The average Bonchev–Trinajstić information content (AvgIpc) is 2.87. The molecule has 6 heteroatoms. The van der Waals surface area contributed by atoms with Crippen molar-refractivity contribution in [2.75, 3.05) is 7.11 Å². The summed E-state index contributed by atoms with van der Waals surface area (Å²) in [6, 6.07) is 5.96. The average molecular weight is 265 g/mol. The number of benzene rings is 1. The molecule has 0 saturated heterocycles. The van der Waals surface area contributed by atoms with Crippen LogP contribution in [-0.4, -0.2) is 24.1 Å². The van der Waals surface area contributed by atoms with Crippen molar-refractivity contribution in [3.05, 3.63) is 34.4 Å². The molecular formula is C13H15NO5. The maximum Gasteiger partial charge on any atom is 0.308 e. The fourth-order valence-corrected chi connectivity index (χ4v) is 2.27. The number of hydrogen-bond donors (Lipinski definition) is 0. The molecule has 1 unspecified atom stereocenters. The highest BCUT2D eigenvalue weighted by Gasteiger charge is 2.31. The Kier molecular flexibility index (Phi) is 3.99. The summed E-state index contributed by atoms with van der Waals surface area (Å²) in [6.45, 7) is 0. The van der Waals surface area contributed by atoms with E-state index >= 15 is 0 Å². The molecule has 1 aliphatic carbocycles. The van der Waals surface area contributed by atoms with Gasteiger partial charge in [0.2, 0.25) is 0 Å². The maximum atomic E-state index is 11.4. The summed E-state index contributed by atoms with van der Waals surface area (Å²) in [5.41, 5.74) is 0.0335. The number of hydrogen-bond acceptors (Lipinski definition) is 5. The highest BCUT2D eigenvalue weighted by molar-refractivity contribution is 5.72. The Hall–Kier alpha value is -2.11. The summed E-state index contributed by atoms with van der Waals surface area (Å²) in [5, 5.41) is 10.5. The van der Waals surface area contributed by atoms with E-state index < -0.39 is 4.92 Å². The fraction of sp³-hybridized carbons (Fsp3) is 0.462. The second-order valence-electron chi connectivity index (χ2n) is 4.52. The van der Waals surface area contributed by atoms with Crippen LogP contribution in [0.4, 0.5) is 5.69 Å². The van der Waals surface area contributed by atoms with Gasteiger partial charge in [0, 0.05) is 12.1 Å². The number of methoxy groups -OCH3 is 1. The number of esters is 1. The first-order valence-corrected chi connectivity index (χ1v) is 6.09. The number of carbonyl (C=O) groups is 1. The molecule has 0 aromatic heterocycles. The van der Waals surface area contributed by atoms with Crippen molar-refractivity contribution in [1.82, 2.24) is 0 Å². The number of rotatable bonds is 4. The largest absolute Gasteiger partial charge is 0.490 e. The van der Waals surface area contributed by atoms with Crippen LogP contribution in [0.3, 0.4) is 0 Å². The lowest BCUT2D eigenvalue weighted by Crippen LogP contribution is -2.16. The molecule has 1 fully saturated rings. The van der Waals surface area contributed by atoms with E-state index in [1.54, 1.807) is 12.1 Å². The Balaban J connectivity index is 1.92. The number of non-ortho nitro benzene ring substituents is 1. The molecule has 19 heavy (non-hydrogen) atoms. The van der Waals surface area contributed by atoms with Crippen molar-refractivity contribution < 1.29 is 19.2 Å². The molecule has 102 valence electrons. The monoisotopic (exact) mass is 265 g/mol. The van der Waals surface area contributed by atoms with Gasteiger partial charge < -0.3 is 9.47 Å². The van der Waals surface area contributed by atoms with Gasteiger partial charge in [-0.15, -0.1) is 0 Å². The van der Waals surface area contributed by atoms with Gasteiger partial charge in [0.1, 0.15) is 5.75 Å². The standard InChI is InChI=1S/C13H15NO5/c1-18-13(15)9-2-5-12(8-9)19-11-6-3-10(4-7-11)14(16)17/h3-4,6-7,9,12H,2,5,8H2,1H3/t9-,12?/m0/s1. The number of carbonyl (C=O) groups excluding carboxylic acids is 1. The van der Waals surface area contributed by atoms with Gasteiger partial charge in [-0.1, -0.05) is 0 Å². The Morgan fingerprint density at radius 1 is 1.32 bits per heavy atom. The van der Waals surface area contributed by atoms with Gasteiger partial charge in [-0.25, -0.2) is 0 Å². The third kappa shape index (κ3) is 3.21. The number of ether oxygens (including phenoxy) is 2. The van der Waals surface area contributed by atoms with Crippen molar-refractivity contribution in [3.8, 4) is 5.75 Å². The van der Waals surface area contributed by atoms with Crippen LogP contribution in [0.5, 0.6) is 5.75 Å². The molecule has 0 bridgehead atoms. The molecule has 1 saturated carbocycles. The summed E-state index contributed by atoms with van der Waals surface area (Å²) in [7, 11) is 1.38. The first kappa shape index (κ1) is 13.3. The quantitative estimate of drug-likeness (QED) is 0.474. The van der Waals surface area contributed by atoms with Crippen LogP contribution in [0.2, 0.25) is 0 Å². The summed E-state index contributed by atoms with van der Waals surface area (Å²) in [6.07, 6.45) is 2.13. The molecule has 2 atom stereocenters. The third-order valence-corrected chi connectivity index (χ3v) is 3.27. The van der Waals surface area contributed by atoms with Gasteiger partial charge in [-0.05, 0) is 31.4 Å². The molecule has 0 amide bonds. The van der Waals surface area contributed by atoms with Gasteiger partial charge >= 0.3 is 5.97 Å². The summed E-state index contributed by atoms with van der Waals surface area (Å²) < 4.78 is 10.4. The Labute approximate surface area is 110 Å². The molecule has 0 N–H and O–H groups in total. The first-order valence-electron chi connectivity index (χ1n) is 6.09. The van der Waals surface area contributed by atoms with Crippen LogP contribution < -0.4 is 4.74 Å². The fourth-order valence-electron chi connectivity index (χ4n) is 2.27. The molecule has 0 spiro atoms. The van der Waals surface area contributed by atoms with Gasteiger partial charge in [0.25, 0.3) is 5.69 Å². The van der Waals surface area contributed by atoms with E-state index in [1.807, 2.05) is 0 Å². The lowest BCUT2D eigenvalue weighted by molar-refractivity contribution is -0.384. The van der Waals surface area contributed by atoms with Crippen molar-refractivity contribution in [2.45, 2.75) is 25.4 Å². The van der Waals surface area contributed by atoms with Crippen molar-refractivity contribution in [3.63, 3.8) is 0 Å².